The number of fused-ring (bicyclic) bond motifs is 1. The first kappa shape index (κ1) is 22.6. The fourth-order valence-corrected chi connectivity index (χ4v) is 4.71. The van der Waals surface area contributed by atoms with E-state index in [1.54, 1.807) is 30.3 Å². The van der Waals surface area contributed by atoms with Crippen LogP contribution in [0, 0.1) is 5.92 Å². The Kier molecular flexibility index (Phi) is 6.45. The first-order valence-electron chi connectivity index (χ1n) is 10.8. The lowest BCUT2D eigenvalue weighted by atomic mass is 10.0. The summed E-state index contributed by atoms with van der Waals surface area (Å²) in [5.41, 5.74) is 2.40. The third kappa shape index (κ3) is 4.48. The van der Waals surface area contributed by atoms with Crippen LogP contribution in [-0.2, 0) is 0 Å². The van der Waals surface area contributed by atoms with Gasteiger partial charge in [0.1, 0.15) is 5.82 Å². The number of H-pyrrole nitrogens is 1. The Morgan fingerprint density at radius 3 is 2.66 bits per heavy atom. The quantitative estimate of drug-likeness (QED) is 0.505. The van der Waals surface area contributed by atoms with E-state index in [1.165, 1.54) is 0 Å². The topological polar surface area (TPSA) is 78.1 Å². The zero-order valence-corrected chi connectivity index (χ0v) is 19.8. The Morgan fingerprint density at radius 2 is 1.94 bits per heavy atom. The van der Waals surface area contributed by atoms with Crippen LogP contribution in [0.4, 0.5) is 0 Å². The number of rotatable bonds is 5. The van der Waals surface area contributed by atoms with E-state index < -0.39 is 0 Å². The molecular formula is C24H26Cl2N4O2. The molecule has 1 aliphatic heterocycles. The van der Waals surface area contributed by atoms with Gasteiger partial charge in [0, 0.05) is 23.2 Å². The van der Waals surface area contributed by atoms with Crippen molar-refractivity contribution in [1.82, 2.24) is 20.2 Å². The van der Waals surface area contributed by atoms with Gasteiger partial charge >= 0.3 is 0 Å². The number of benzene rings is 2. The summed E-state index contributed by atoms with van der Waals surface area (Å²) in [7, 11) is 0. The van der Waals surface area contributed by atoms with Crippen LogP contribution in [0.2, 0.25) is 10.0 Å². The second-order valence-electron chi connectivity index (χ2n) is 8.63. The number of nitrogens with one attached hydrogen (secondary N) is 2. The van der Waals surface area contributed by atoms with Crippen molar-refractivity contribution in [3.05, 3.63) is 63.4 Å². The molecule has 2 amide bonds. The van der Waals surface area contributed by atoms with E-state index in [2.05, 4.69) is 29.1 Å². The van der Waals surface area contributed by atoms with Crippen LogP contribution in [0.15, 0.2) is 36.4 Å². The SMILES string of the molecule is CC(NC(=O)c1ccc(C(=O)N2CCCC2C(C)C)c(Cl)c1)c1nc2ccc(Cl)cc2[nH]1. The molecule has 0 bridgehead atoms. The molecule has 168 valence electrons. The van der Waals surface area contributed by atoms with Gasteiger partial charge in [0.25, 0.3) is 11.8 Å². The molecule has 1 aliphatic rings. The number of halogens is 2. The summed E-state index contributed by atoms with van der Waals surface area (Å²) in [4.78, 5) is 35.5. The van der Waals surface area contributed by atoms with E-state index in [0.29, 0.717) is 27.9 Å². The monoisotopic (exact) mass is 472 g/mol. The van der Waals surface area contributed by atoms with Gasteiger partial charge < -0.3 is 15.2 Å². The zero-order chi connectivity index (χ0) is 23.0. The molecular weight excluding hydrogens is 447 g/mol. The third-order valence-corrected chi connectivity index (χ3v) is 6.56. The lowest BCUT2D eigenvalue weighted by Crippen LogP contribution is -2.38. The molecule has 1 fully saturated rings. The minimum Gasteiger partial charge on any atom is -0.342 e. The van der Waals surface area contributed by atoms with Crippen molar-refractivity contribution in [1.29, 1.82) is 0 Å². The number of nitrogens with zero attached hydrogens (tertiary/aromatic N) is 2. The molecule has 2 heterocycles. The number of amides is 2. The van der Waals surface area contributed by atoms with Gasteiger partial charge in [0.15, 0.2) is 0 Å². The van der Waals surface area contributed by atoms with Gasteiger partial charge in [-0.2, -0.15) is 0 Å². The van der Waals surface area contributed by atoms with Crippen molar-refractivity contribution in [2.24, 2.45) is 5.92 Å². The van der Waals surface area contributed by atoms with Gasteiger partial charge in [-0.15, -0.1) is 0 Å². The van der Waals surface area contributed by atoms with Gasteiger partial charge in [-0.3, -0.25) is 9.59 Å². The van der Waals surface area contributed by atoms with Crippen molar-refractivity contribution < 1.29 is 9.59 Å². The predicted octanol–water partition coefficient (Wildman–Crippen LogP) is 5.62. The number of aromatic nitrogens is 2. The predicted molar refractivity (Wildman–Crippen MR) is 127 cm³/mol. The van der Waals surface area contributed by atoms with Crippen molar-refractivity contribution in [3.63, 3.8) is 0 Å². The number of hydrogen-bond donors (Lipinski definition) is 2. The standard InChI is InChI=1S/C24H26Cl2N4O2/c1-13(2)21-5-4-10-30(21)24(32)17-8-6-15(11-18(17)26)23(31)27-14(3)22-28-19-9-7-16(25)12-20(19)29-22/h6-9,11-14,21H,4-5,10H2,1-3H3,(H,27,31)(H,28,29). The Labute approximate surface area is 197 Å². The molecule has 2 N–H and O–H groups in total. The number of likely N-dealkylation sites (tertiary alicyclic amines) is 1. The summed E-state index contributed by atoms with van der Waals surface area (Å²) in [5, 5.41) is 3.82. The molecule has 3 aromatic rings. The average molecular weight is 473 g/mol. The lowest BCUT2D eigenvalue weighted by Gasteiger charge is -2.28. The Morgan fingerprint density at radius 1 is 1.16 bits per heavy atom. The van der Waals surface area contributed by atoms with Crippen molar-refractivity contribution in [2.45, 2.75) is 45.7 Å². The normalized spacial score (nSPS) is 17.2. The van der Waals surface area contributed by atoms with E-state index >= 15 is 0 Å². The molecule has 2 atom stereocenters. The number of aromatic amines is 1. The van der Waals surface area contributed by atoms with Gasteiger partial charge in [-0.25, -0.2) is 4.98 Å². The summed E-state index contributed by atoms with van der Waals surface area (Å²) in [6.45, 7) is 6.84. The molecule has 2 aromatic carbocycles. The van der Waals surface area contributed by atoms with Gasteiger partial charge in [0.2, 0.25) is 0 Å². The lowest BCUT2D eigenvalue weighted by molar-refractivity contribution is 0.0701. The second-order valence-corrected chi connectivity index (χ2v) is 9.47. The van der Waals surface area contributed by atoms with Gasteiger partial charge in [0.05, 0.1) is 27.7 Å². The molecule has 0 saturated carbocycles. The molecule has 32 heavy (non-hydrogen) atoms. The van der Waals surface area contributed by atoms with Crippen molar-refractivity contribution >= 4 is 46.0 Å². The highest BCUT2D eigenvalue weighted by Gasteiger charge is 2.32. The van der Waals surface area contributed by atoms with Crippen LogP contribution >= 0.6 is 23.2 Å². The second kappa shape index (κ2) is 9.12. The number of hydrogen-bond acceptors (Lipinski definition) is 3. The molecule has 0 radical (unpaired) electrons. The highest BCUT2D eigenvalue weighted by Crippen LogP contribution is 2.28. The minimum absolute atomic E-state index is 0.0764. The van der Waals surface area contributed by atoms with E-state index in [1.807, 2.05) is 17.9 Å². The first-order valence-corrected chi connectivity index (χ1v) is 11.6. The zero-order valence-electron chi connectivity index (χ0n) is 18.3. The maximum atomic E-state index is 13.1. The summed E-state index contributed by atoms with van der Waals surface area (Å²) in [5.74, 6) is 0.647. The number of imidazole rings is 1. The number of carbonyl (C=O) groups excluding carboxylic acids is 2. The van der Waals surface area contributed by atoms with Gasteiger partial charge in [-0.05, 0) is 62.1 Å². The first-order chi connectivity index (χ1) is 15.2. The fraction of sp³-hybridized carbons (Fsp3) is 0.375. The molecule has 0 spiro atoms. The average Bonchev–Trinajstić information content (AvgIpc) is 3.40. The number of carbonyl (C=O) groups is 2. The van der Waals surface area contributed by atoms with Crippen molar-refractivity contribution in [2.75, 3.05) is 6.54 Å². The van der Waals surface area contributed by atoms with E-state index in [9.17, 15) is 9.59 Å². The summed E-state index contributed by atoms with van der Waals surface area (Å²) in [6.07, 6.45) is 2.01. The van der Waals surface area contributed by atoms with Crippen LogP contribution in [0.3, 0.4) is 0 Å². The third-order valence-electron chi connectivity index (χ3n) is 6.01. The summed E-state index contributed by atoms with van der Waals surface area (Å²) < 4.78 is 0. The van der Waals surface area contributed by atoms with Crippen LogP contribution in [0.25, 0.3) is 11.0 Å². The molecule has 1 saturated heterocycles. The molecule has 4 rings (SSSR count). The van der Waals surface area contributed by atoms with Gasteiger partial charge in [-0.1, -0.05) is 37.0 Å². The highest BCUT2D eigenvalue weighted by molar-refractivity contribution is 6.34. The molecule has 8 heteroatoms. The van der Waals surface area contributed by atoms with Crippen LogP contribution < -0.4 is 5.32 Å². The van der Waals surface area contributed by atoms with Crippen molar-refractivity contribution in [3.8, 4) is 0 Å². The van der Waals surface area contributed by atoms with E-state index in [4.69, 9.17) is 23.2 Å². The Bertz CT molecular complexity index is 1170. The minimum atomic E-state index is -0.356. The molecule has 1 aromatic heterocycles. The highest BCUT2D eigenvalue weighted by atomic mass is 35.5. The Hall–Kier alpha value is -2.57. The summed E-state index contributed by atoms with van der Waals surface area (Å²) in [6, 6.07) is 10.1. The maximum Gasteiger partial charge on any atom is 0.255 e. The van der Waals surface area contributed by atoms with Crippen LogP contribution in [-0.4, -0.2) is 39.3 Å². The smallest absolute Gasteiger partial charge is 0.255 e. The van der Waals surface area contributed by atoms with Crippen LogP contribution in [0.5, 0.6) is 0 Å². The summed E-state index contributed by atoms with van der Waals surface area (Å²) >= 11 is 12.5. The Balaban J connectivity index is 1.48. The van der Waals surface area contributed by atoms with Crippen LogP contribution in [0.1, 0.15) is 66.2 Å². The molecule has 6 nitrogen and oxygen atoms in total. The molecule has 2 unspecified atom stereocenters. The van der Waals surface area contributed by atoms with E-state index in [-0.39, 0.29) is 28.9 Å². The largest absolute Gasteiger partial charge is 0.342 e. The maximum absolute atomic E-state index is 13.1. The fourth-order valence-electron chi connectivity index (χ4n) is 4.28. The molecule has 0 aliphatic carbocycles. The van der Waals surface area contributed by atoms with E-state index in [0.717, 1.165) is 30.4 Å².